The Labute approximate surface area is 178 Å². The average molecular weight is 429 g/mol. The summed E-state index contributed by atoms with van der Waals surface area (Å²) in [5.74, 6) is -1.02. The maximum atomic E-state index is 12.4. The van der Waals surface area contributed by atoms with Crippen molar-refractivity contribution >= 4 is 52.1 Å². The van der Waals surface area contributed by atoms with Crippen molar-refractivity contribution in [2.45, 2.75) is 19.6 Å². The van der Waals surface area contributed by atoms with Gasteiger partial charge in [-0.05, 0) is 36.2 Å². The van der Waals surface area contributed by atoms with Gasteiger partial charge in [-0.1, -0.05) is 60.1 Å². The molecule has 5 nitrogen and oxygen atoms in total. The van der Waals surface area contributed by atoms with E-state index in [-0.39, 0.29) is 22.0 Å². The number of carbonyl (C=O) groups is 2. The zero-order chi connectivity index (χ0) is 21.0. The minimum absolute atomic E-state index is 0.0187. The summed E-state index contributed by atoms with van der Waals surface area (Å²) in [5, 5.41) is 3.91. The van der Waals surface area contributed by atoms with Gasteiger partial charge in [-0.25, -0.2) is 0 Å². The van der Waals surface area contributed by atoms with Crippen LogP contribution in [0.4, 0.5) is 0 Å². The predicted octanol–water partition coefficient (Wildman–Crippen LogP) is 5.05. The summed E-state index contributed by atoms with van der Waals surface area (Å²) in [6, 6.07) is 12.3. The number of hydrogen-bond donors (Lipinski definition) is 1. The lowest BCUT2D eigenvalue weighted by molar-refractivity contribution is -0.148. The van der Waals surface area contributed by atoms with Gasteiger partial charge in [0.1, 0.15) is 0 Å². The van der Waals surface area contributed by atoms with E-state index >= 15 is 0 Å². The Bertz CT molecular complexity index is 1080. The Hall–Kier alpha value is -2.89. The molecule has 0 radical (unpaired) electrons. The Morgan fingerprint density at radius 3 is 2.59 bits per heavy atom. The smallest absolute Gasteiger partial charge is 0.312 e. The largest absolute Gasteiger partial charge is 0.442 e. The van der Waals surface area contributed by atoms with Gasteiger partial charge in [-0.3, -0.25) is 14.6 Å². The first-order valence-electron chi connectivity index (χ1n) is 8.83. The number of hydrogen-bond acceptors (Lipinski definition) is 4. The van der Waals surface area contributed by atoms with Crippen molar-refractivity contribution in [3.8, 4) is 0 Å². The number of ether oxygens (including phenoxy) is 1. The van der Waals surface area contributed by atoms with Crippen LogP contribution in [0, 0.1) is 0 Å². The van der Waals surface area contributed by atoms with Gasteiger partial charge in [0.05, 0.1) is 27.5 Å². The molecule has 1 N–H and O–H groups in total. The summed E-state index contributed by atoms with van der Waals surface area (Å²) < 4.78 is 5.32. The Balaban J connectivity index is 1.67. The van der Waals surface area contributed by atoms with E-state index in [1.807, 2.05) is 24.3 Å². The molecule has 148 valence electrons. The normalized spacial score (nSPS) is 11.7. The number of para-hydroxylation sites is 1. The van der Waals surface area contributed by atoms with Gasteiger partial charge in [0.25, 0.3) is 5.91 Å². The van der Waals surface area contributed by atoms with E-state index in [0.717, 1.165) is 22.0 Å². The first kappa shape index (κ1) is 20.8. The number of carbonyl (C=O) groups excluding carboxylic acids is 2. The summed E-state index contributed by atoms with van der Waals surface area (Å²) in [6.07, 6.45) is 2.56. The zero-order valence-corrected chi connectivity index (χ0v) is 17.1. The van der Waals surface area contributed by atoms with Crippen molar-refractivity contribution in [2.24, 2.45) is 0 Å². The molecule has 1 atom stereocenters. The standard InChI is InChI=1S/C22H18Cl2N2O3/c1-3-14-10-15-6-4-7-16(21(15)25-12-14)11-19(27)29-13(2)26-22(28)20-17(23)8-5-9-18(20)24/h3-10,12-13H,1,11H2,2H3,(H,26,28). The fourth-order valence-electron chi connectivity index (χ4n) is 2.89. The van der Waals surface area contributed by atoms with Gasteiger partial charge in [-0.15, -0.1) is 0 Å². The highest BCUT2D eigenvalue weighted by molar-refractivity contribution is 6.39. The molecular formula is C22H18Cl2N2O3. The maximum Gasteiger partial charge on any atom is 0.312 e. The van der Waals surface area contributed by atoms with E-state index in [1.165, 1.54) is 0 Å². The molecule has 0 aliphatic heterocycles. The van der Waals surface area contributed by atoms with Gasteiger partial charge in [0.15, 0.2) is 6.23 Å². The second-order valence-corrected chi connectivity index (χ2v) is 7.16. The fourth-order valence-corrected chi connectivity index (χ4v) is 3.46. The number of amides is 1. The van der Waals surface area contributed by atoms with Crippen LogP contribution in [0.1, 0.15) is 28.4 Å². The molecule has 0 saturated carbocycles. The topological polar surface area (TPSA) is 68.3 Å². The number of rotatable bonds is 6. The molecule has 3 rings (SSSR count). The quantitative estimate of drug-likeness (QED) is 0.440. The van der Waals surface area contributed by atoms with Gasteiger partial charge >= 0.3 is 5.97 Å². The number of pyridine rings is 1. The molecule has 1 aromatic heterocycles. The zero-order valence-electron chi connectivity index (χ0n) is 15.6. The number of esters is 1. The van der Waals surface area contributed by atoms with Gasteiger partial charge in [0.2, 0.25) is 0 Å². The van der Waals surface area contributed by atoms with Crippen LogP contribution in [0.25, 0.3) is 17.0 Å². The van der Waals surface area contributed by atoms with E-state index in [0.29, 0.717) is 0 Å². The van der Waals surface area contributed by atoms with E-state index < -0.39 is 18.1 Å². The molecule has 0 aliphatic carbocycles. The summed E-state index contributed by atoms with van der Waals surface area (Å²) in [4.78, 5) is 29.2. The van der Waals surface area contributed by atoms with Crippen molar-refractivity contribution < 1.29 is 14.3 Å². The highest BCUT2D eigenvalue weighted by atomic mass is 35.5. The molecule has 0 saturated heterocycles. The molecule has 29 heavy (non-hydrogen) atoms. The molecule has 0 bridgehead atoms. The van der Waals surface area contributed by atoms with Gasteiger partial charge in [0, 0.05) is 11.6 Å². The molecule has 0 aliphatic rings. The van der Waals surface area contributed by atoms with Crippen LogP contribution in [0.3, 0.4) is 0 Å². The lowest BCUT2D eigenvalue weighted by atomic mass is 10.1. The number of fused-ring (bicyclic) bond motifs is 1. The Morgan fingerprint density at radius 1 is 1.21 bits per heavy atom. The molecule has 0 fully saturated rings. The number of benzene rings is 2. The first-order valence-corrected chi connectivity index (χ1v) is 9.59. The summed E-state index contributed by atoms with van der Waals surface area (Å²) in [6.45, 7) is 5.29. The van der Waals surface area contributed by atoms with Crippen LogP contribution in [0.15, 0.2) is 55.2 Å². The van der Waals surface area contributed by atoms with E-state index in [4.69, 9.17) is 27.9 Å². The van der Waals surface area contributed by atoms with E-state index in [9.17, 15) is 9.59 Å². The fraction of sp³-hybridized carbons (Fsp3) is 0.136. The second-order valence-electron chi connectivity index (χ2n) is 6.34. The van der Waals surface area contributed by atoms with Gasteiger partial charge in [-0.2, -0.15) is 0 Å². The van der Waals surface area contributed by atoms with Crippen LogP contribution in [-0.2, 0) is 16.0 Å². The van der Waals surface area contributed by atoms with Crippen LogP contribution in [-0.4, -0.2) is 23.1 Å². The first-order chi connectivity index (χ1) is 13.9. The molecule has 1 heterocycles. The lowest BCUT2D eigenvalue weighted by Crippen LogP contribution is -2.36. The van der Waals surface area contributed by atoms with E-state index in [1.54, 1.807) is 37.4 Å². The van der Waals surface area contributed by atoms with Crippen LogP contribution < -0.4 is 5.32 Å². The summed E-state index contributed by atoms with van der Waals surface area (Å²) in [7, 11) is 0. The van der Waals surface area contributed by atoms with Crippen LogP contribution >= 0.6 is 23.2 Å². The molecule has 3 aromatic rings. The highest BCUT2D eigenvalue weighted by Crippen LogP contribution is 2.24. The average Bonchev–Trinajstić information content (AvgIpc) is 2.67. The number of nitrogens with zero attached hydrogens (tertiary/aromatic N) is 1. The molecule has 2 aromatic carbocycles. The molecule has 7 heteroatoms. The van der Waals surface area contributed by atoms with Crippen LogP contribution in [0.2, 0.25) is 10.0 Å². The van der Waals surface area contributed by atoms with Gasteiger partial charge < -0.3 is 10.1 Å². The van der Waals surface area contributed by atoms with Crippen molar-refractivity contribution in [1.29, 1.82) is 0 Å². The van der Waals surface area contributed by atoms with Crippen LogP contribution in [0.5, 0.6) is 0 Å². The van der Waals surface area contributed by atoms with Crippen molar-refractivity contribution in [2.75, 3.05) is 0 Å². The molecule has 1 unspecified atom stereocenters. The Kier molecular flexibility index (Phi) is 6.52. The SMILES string of the molecule is C=Cc1cnc2c(CC(=O)OC(C)NC(=O)c3c(Cl)cccc3Cl)cccc2c1. The number of halogens is 2. The Morgan fingerprint density at radius 2 is 1.90 bits per heavy atom. The predicted molar refractivity (Wildman–Crippen MR) is 115 cm³/mol. The summed E-state index contributed by atoms with van der Waals surface area (Å²) in [5.41, 5.74) is 2.48. The third-order valence-corrected chi connectivity index (χ3v) is 4.85. The molecule has 0 spiro atoms. The lowest BCUT2D eigenvalue weighted by Gasteiger charge is -2.16. The van der Waals surface area contributed by atoms with Crippen molar-refractivity contribution in [3.63, 3.8) is 0 Å². The number of nitrogens with one attached hydrogen (secondary N) is 1. The summed E-state index contributed by atoms with van der Waals surface area (Å²) >= 11 is 12.1. The monoisotopic (exact) mass is 428 g/mol. The molecule has 1 amide bonds. The van der Waals surface area contributed by atoms with Crippen molar-refractivity contribution in [1.82, 2.24) is 10.3 Å². The molecular weight excluding hydrogens is 411 g/mol. The third-order valence-electron chi connectivity index (χ3n) is 4.22. The van der Waals surface area contributed by atoms with E-state index in [2.05, 4.69) is 16.9 Å². The second kappa shape index (κ2) is 9.07. The maximum absolute atomic E-state index is 12.4. The minimum atomic E-state index is -0.863. The highest BCUT2D eigenvalue weighted by Gasteiger charge is 2.19. The van der Waals surface area contributed by atoms with Crippen molar-refractivity contribution in [3.05, 3.63) is 82.0 Å². The number of aromatic nitrogens is 1. The third kappa shape index (κ3) is 4.94. The minimum Gasteiger partial charge on any atom is -0.442 e.